The molecular weight excluding hydrogens is 138 g/mol. The average Bonchev–Trinajstić information content (AvgIpc) is 1.94. The number of nitrogens with two attached hydrogens (primary N) is 1. The van der Waals surface area contributed by atoms with Gasteiger partial charge in [-0.05, 0) is 37.1 Å². The van der Waals surface area contributed by atoms with Gasteiger partial charge in [-0.1, -0.05) is 13.8 Å². The lowest BCUT2D eigenvalue weighted by atomic mass is 9.68. The van der Waals surface area contributed by atoms with Crippen LogP contribution >= 0.6 is 0 Å². The number of aliphatic hydroxyl groups is 1. The van der Waals surface area contributed by atoms with Gasteiger partial charge in [0.1, 0.15) is 0 Å². The number of aliphatic hydroxyl groups excluding tert-OH is 1. The predicted molar refractivity (Wildman–Crippen MR) is 46.2 cm³/mol. The summed E-state index contributed by atoms with van der Waals surface area (Å²) in [5.74, 6) is 0.506. The van der Waals surface area contributed by atoms with Crippen molar-refractivity contribution < 1.29 is 5.11 Å². The molecule has 1 fully saturated rings. The van der Waals surface area contributed by atoms with Crippen molar-refractivity contribution in [1.82, 2.24) is 0 Å². The second-order valence-electron chi connectivity index (χ2n) is 4.35. The van der Waals surface area contributed by atoms with Gasteiger partial charge in [-0.2, -0.15) is 0 Å². The molecule has 0 amide bonds. The molecule has 0 unspecified atom stereocenters. The van der Waals surface area contributed by atoms with E-state index in [0.717, 1.165) is 19.3 Å². The highest BCUT2D eigenvalue weighted by molar-refractivity contribution is 4.86. The van der Waals surface area contributed by atoms with E-state index in [9.17, 15) is 5.11 Å². The molecule has 0 saturated heterocycles. The zero-order chi connectivity index (χ0) is 8.48. The Hall–Kier alpha value is -0.0800. The monoisotopic (exact) mass is 157 g/mol. The molecule has 2 atom stereocenters. The Morgan fingerprint density at radius 2 is 2.18 bits per heavy atom. The minimum absolute atomic E-state index is 0.100. The van der Waals surface area contributed by atoms with Crippen LogP contribution in [-0.2, 0) is 0 Å². The molecule has 1 aliphatic rings. The lowest BCUT2D eigenvalue weighted by Crippen LogP contribution is -2.38. The first-order valence-corrected chi connectivity index (χ1v) is 4.44. The molecule has 0 aliphatic heterocycles. The van der Waals surface area contributed by atoms with Crippen molar-refractivity contribution in [2.24, 2.45) is 17.1 Å². The molecule has 1 rings (SSSR count). The minimum atomic E-state index is -0.100. The van der Waals surface area contributed by atoms with Crippen molar-refractivity contribution >= 4 is 0 Å². The average molecular weight is 157 g/mol. The van der Waals surface area contributed by atoms with Crippen molar-refractivity contribution in [3.05, 3.63) is 0 Å². The van der Waals surface area contributed by atoms with Crippen LogP contribution in [0.25, 0.3) is 0 Å². The van der Waals surface area contributed by atoms with Gasteiger partial charge in [0.2, 0.25) is 0 Å². The molecule has 0 bridgehead atoms. The Kier molecular flexibility index (Phi) is 2.55. The Bertz CT molecular complexity index is 134. The molecule has 66 valence electrons. The zero-order valence-electron chi connectivity index (χ0n) is 7.51. The number of rotatable bonds is 1. The van der Waals surface area contributed by atoms with Gasteiger partial charge < -0.3 is 10.8 Å². The van der Waals surface area contributed by atoms with E-state index in [0.29, 0.717) is 17.9 Å². The first-order chi connectivity index (χ1) is 5.06. The van der Waals surface area contributed by atoms with Crippen molar-refractivity contribution in [3.63, 3.8) is 0 Å². The second kappa shape index (κ2) is 3.11. The van der Waals surface area contributed by atoms with Gasteiger partial charge in [0, 0.05) is 0 Å². The van der Waals surface area contributed by atoms with Crippen molar-refractivity contribution in [2.75, 3.05) is 6.54 Å². The lowest BCUT2D eigenvalue weighted by Gasteiger charge is -2.40. The first-order valence-electron chi connectivity index (χ1n) is 4.44. The van der Waals surface area contributed by atoms with Crippen molar-refractivity contribution in [2.45, 2.75) is 39.2 Å². The van der Waals surface area contributed by atoms with E-state index in [1.54, 1.807) is 0 Å². The summed E-state index contributed by atoms with van der Waals surface area (Å²) in [5.41, 5.74) is 5.97. The third-order valence-electron chi connectivity index (χ3n) is 3.07. The van der Waals surface area contributed by atoms with E-state index in [2.05, 4.69) is 13.8 Å². The van der Waals surface area contributed by atoms with Crippen LogP contribution < -0.4 is 5.73 Å². The van der Waals surface area contributed by atoms with Gasteiger partial charge in [-0.3, -0.25) is 0 Å². The Morgan fingerprint density at radius 1 is 1.55 bits per heavy atom. The zero-order valence-corrected chi connectivity index (χ0v) is 7.51. The van der Waals surface area contributed by atoms with Crippen molar-refractivity contribution in [3.8, 4) is 0 Å². The summed E-state index contributed by atoms with van der Waals surface area (Å²) < 4.78 is 0. The fraction of sp³-hybridized carbons (Fsp3) is 1.00. The molecule has 3 N–H and O–H groups in total. The summed E-state index contributed by atoms with van der Waals surface area (Å²) in [4.78, 5) is 0. The van der Waals surface area contributed by atoms with E-state index >= 15 is 0 Å². The Labute approximate surface area is 68.8 Å². The van der Waals surface area contributed by atoms with Crippen LogP contribution in [0.15, 0.2) is 0 Å². The Balaban J connectivity index is 2.56. The van der Waals surface area contributed by atoms with Gasteiger partial charge in [0.15, 0.2) is 0 Å². The molecule has 0 spiro atoms. The lowest BCUT2D eigenvalue weighted by molar-refractivity contribution is 0.0324. The molecule has 0 aromatic heterocycles. The number of hydrogen-bond donors (Lipinski definition) is 2. The van der Waals surface area contributed by atoms with Gasteiger partial charge in [0.05, 0.1) is 6.10 Å². The summed E-state index contributed by atoms with van der Waals surface area (Å²) in [6.45, 7) is 5.21. The highest BCUT2D eigenvalue weighted by atomic mass is 16.3. The Morgan fingerprint density at radius 3 is 2.64 bits per heavy atom. The van der Waals surface area contributed by atoms with E-state index in [4.69, 9.17) is 5.73 Å². The van der Waals surface area contributed by atoms with Crippen LogP contribution in [0.4, 0.5) is 0 Å². The van der Waals surface area contributed by atoms with Gasteiger partial charge in [-0.15, -0.1) is 0 Å². The normalized spacial score (nSPS) is 37.1. The molecular formula is C9H19NO. The maximum absolute atomic E-state index is 9.39. The van der Waals surface area contributed by atoms with E-state index in [1.165, 1.54) is 0 Å². The molecule has 0 aromatic rings. The van der Waals surface area contributed by atoms with Gasteiger partial charge >= 0.3 is 0 Å². The standard InChI is InChI=1S/C9H19NO/c1-9(2)4-3-8(11)5-7(9)6-10/h7-8,11H,3-6,10H2,1-2H3/t7-,8+/m0/s1. The highest BCUT2D eigenvalue weighted by Gasteiger charge is 2.34. The highest BCUT2D eigenvalue weighted by Crippen LogP contribution is 2.39. The topological polar surface area (TPSA) is 46.2 Å². The maximum Gasteiger partial charge on any atom is 0.0543 e. The van der Waals surface area contributed by atoms with Gasteiger partial charge in [-0.25, -0.2) is 0 Å². The van der Waals surface area contributed by atoms with Crippen molar-refractivity contribution in [1.29, 1.82) is 0 Å². The molecule has 2 nitrogen and oxygen atoms in total. The van der Waals surface area contributed by atoms with Crippen LogP contribution in [-0.4, -0.2) is 17.8 Å². The minimum Gasteiger partial charge on any atom is -0.393 e. The third kappa shape index (κ3) is 1.94. The molecule has 11 heavy (non-hydrogen) atoms. The summed E-state index contributed by atoms with van der Waals surface area (Å²) in [6, 6.07) is 0. The van der Waals surface area contributed by atoms with E-state index < -0.39 is 0 Å². The molecule has 2 heteroatoms. The third-order valence-corrected chi connectivity index (χ3v) is 3.07. The second-order valence-corrected chi connectivity index (χ2v) is 4.35. The van der Waals surface area contributed by atoms with Gasteiger partial charge in [0.25, 0.3) is 0 Å². The molecule has 0 radical (unpaired) electrons. The fourth-order valence-corrected chi connectivity index (χ4v) is 1.92. The van der Waals surface area contributed by atoms with Crippen LogP contribution in [0.3, 0.4) is 0 Å². The van der Waals surface area contributed by atoms with E-state index in [-0.39, 0.29) is 6.10 Å². The molecule has 0 heterocycles. The fourth-order valence-electron chi connectivity index (χ4n) is 1.92. The van der Waals surface area contributed by atoms with Crippen LogP contribution in [0.1, 0.15) is 33.1 Å². The van der Waals surface area contributed by atoms with Crippen LogP contribution in [0.5, 0.6) is 0 Å². The van der Waals surface area contributed by atoms with Crippen LogP contribution in [0.2, 0.25) is 0 Å². The van der Waals surface area contributed by atoms with Crippen LogP contribution in [0, 0.1) is 11.3 Å². The quantitative estimate of drug-likeness (QED) is 0.599. The van der Waals surface area contributed by atoms with E-state index in [1.807, 2.05) is 0 Å². The molecule has 1 aliphatic carbocycles. The summed E-state index contributed by atoms with van der Waals surface area (Å²) in [5, 5.41) is 9.39. The summed E-state index contributed by atoms with van der Waals surface area (Å²) >= 11 is 0. The smallest absolute Gasteiger partial charge is 0.0543 e. The summed E-state index contributed by atoms with van der Waals surface area (Å²) in [6.07, 6.45) is 2.85. The largest absolute Gasteiger partial charge is 0.393 e. The summed E-state index contributed by atoms with van der Waals surface area (Å²) in [7, 11) is 0. The first kappa shape index (κ1) is 9.01. The SMILES string of the molecule is CC1(C)CC[C@@H](O)C[C@H]1CN. The predicted octanol–water partition coefficient (Wildman–Crippen LogP) is 1.13. The molecule has 1 saturated carbocycles. The maximum atomic E-state index is 9.39. The molecule has 0 aromatic carbocycles. The number of hydrogen-bond acceptors (Lipinski definition) is 2.